The Morgan fingerprint density at radius 1 is 1.00 bits per heavy atom. The molecule has 1 aromatic carbocycles. The summed E-state index contributed by atoms with van der Waals surface area (Å²) in [4.78, 5) is 0. The Morgan fingerprint density at radius 3 is 2.41 bits per heavy atom. The summed E-state index contributed by atoms with van der Waals surface area (Å²) < 4.78 is 10.4. The van der Waals surface area contributed by atoms with Crippen LogP contribution in [0.2, 0.25) is 5.15 Å². The van der Waals surface area contributed by atoms with E-state index in [-0.39, 0.29) is 0 Å². The molecule has 0 N–H and O–H groups in total. The molecule has 0 aliphatic carbocycles. The first-order chi connectivity index (χ1) is 8.24. The summed E-state index contributed by atoms with van der Waals surface area (Å²) in [6.45, 7) is 0. The third kappa shape index (κ3) is 2.47. The standard InChI is InChI=1S/C12H11ClN2O2/c1-16-8-3-5-11(17-2)9(7-8)10-4-6-12(13)15-14-10/h3-7H,1-2H3. The van der Waals surface area contributed by atoms with Crippen molar-refractivity contribution in [2.75, 3.05) is 14.2 Å². The normalized spacial score (nSPS) is 10.1. The summed E-state index contributed by atoms with van der Waals surface area (Å²) in [6, 6.07) is 8.96. The van der Waals surface area contributed by atoms with Crippen molar-refractivity contribution in [3.05, 3.63) is 35.5 Å². The number of methoxy groups -OCH3 is 2. The molecule has 0 amide bonds. The van der Waals surface area contributed by atoms with Gasteiger partial charge >= 0.3 is 0 Å². The second-order valence-corrected chi connectivity index (χ2v) is 3.69. The molecule has 0 fully saturated rings. The zero-order chi connectivity index (χ0) is 12.3. The summed E-state index contributed by atoms with van der Waals surface area (Å²) >= 11 is 5.70. The Balaban J connectivity index is 2.51. The lowest BCUT2D eigenvalue weighted by atomic mass is 10.1. The molecule has 88 valence electrons. The van der Waals surface area contributed by atoms with E-state index in [4.69, 9.17) is 21.1 Å². The molecule has 0 bridgehead atoms. The molecule has 0 radical (unpaired) electrons. The molecule has 1 aromatic heterocycles. The monoisotopic (exact) mass is 250 g/mol. The van der Waals surface area contributed by atoms with Crippen LogP contribution in [0.15, 0.2) is 30.3 Å². The van der Waals surface area contributed by atoms with Gasteiger partial charge in [0, 0.05) is 5.56 Å². The van der Waals surface area contributed by atoms with E-state index in [2.05, 4.69) is 10.2 Å². The second kappa shape index (κ2) is 5.01. The van der Waals surface area contributed by atoms with E-state index in [1.165, 1.54) is 0 Å². The quantitative estimate of drug-likeness (QED) is 0.840. The minimum Gasteiger partial charge on any atom is -0.497 e. The molecule has 0 aliphatic heterocycles. The number of nitrogens with zero attached hydrogens (tertiary/aromatic N) is 2. The minimum atomic E-state index is 0.357. The highest BCUT2D eigenvalue weighted by Gasteiger charge is 2.09. The Kier molecular flexibility index (Phi) is 3.44. The SMILES string of the molecule is COc1ccc(OC)c(-c2ccc(Cl)nn2)c1. The molecule has 5 heteroatoms. The van der Waals surface area contributed by atoms with Crippen molar-refractivity contribution >= 4 is 11.6 Å². The molecule has 0 saturated heterocycles. The molecule has 0 aliphatic rings. The van der Waals surface area contributed by atoms with E-state index in [1.807, 2.05) is 18.2 Å². The zero-order valence-electron chi connectivity index (χ0n) is 9.48. The van der Waals surface area contributed by atoms with Crippen molar-refractivity contribution in [2.45, 2.75) is 0 Å². The van der Waals surface area contributed by atoms with Gasteiger partial charge in [-0.15, -0.1) is 10.2 Å². The fraction of sp³-hybridized carbons (Fsp3) is 0.167. The van der Waals surface area contributed by atoms with Crippen LogP contribution < -0.4 is 9.47 Å². The summed E-state index contributed by atoms with van der Waals surface area (Å²) in [5.41, 5.74) is 1.50. The molecule has 0 atom stereocenters. The first-order valence-electron chi connectivity index (χ1n) is 4.96. The Morgan fingerprint density at radius 2 is 1.82 bits per heavy atom. The van der Waals surface area contributed by atoms with Crippen LogP contribution in [0.4, 0.5) is 0 Å². The van der Waals surface area contributed by atoms with Gasteiger partial charge in [-0.1, -0.05) is 11.6 Å². The molecule has 0 saturated carbocycles. The number of hydrogen-bond donors (Lipinski definition) is 0. The summed E-state index contributed by atoms with van der Waals surface area (Å²) in [6.07, 6.45) is 0. The van der Waals surface area contributed by atoms with Gasteiger partial charge in [0.05, 0.1) is 19.9 Å². The van der Waals surface area contributed by atoms with E-state index in [0.29, 0.717) is 16.6 Å². The van der Waals surface area contributed by atoms with Crippen molar-refractivity contribution < 1.29 is 9.47 Å². The fourth-order valence-corrected chi connectivity index (χ4v) is 1.57. The lowest BCUT2D eigenvalue weighted by Gasteiger charge is -2.09. The van der Waals surface area contributed by atoms with E-state index >= 15 is 0 Å². The highest BCUT2D eigenvalue weighted by atomic mass is 35.5. The molecule has 2 rings (SSSR count). The van der Waals surface area contributed by atoms with Gasteiger partial charge in [0.2, 0.25) is 0 Å². The average molecular weight is 251 g/mol. The van der Waals surface area contributed by atoms with E-state index in [9.17, 15) is 0 Å². The van der Waals surface area contributed by atoms with Gasteiger partial charge in [-0.05, 0) is 30.3 Å². The van der Waals surface area contributed by atoms with Gasteiger partial charge in [-0.3, -0.25) is 0 Å². The molecule has 17 heavy (non-hydrogen) atoms. The van der Waals surface area contributed by atoms with E-state index in [1.54, 1.807) is 26.4 Å². The first kappa shape index (κ1) is 11.7. The number of hydrogen-bond acceptors (Lipinski definition) is 4. The van der Waals surface area contributed by atoms with Gasteiger partial charge in [0.15, 0.2) is 5.15 Å². The Labute approximate surface area is 104 Å². The van der Waals surface area contributed by atoms with Crippen molar-refractivity contribution in [3.63, 3.8) is 0 Å². The lowest BCUT2D eigenvalue weighted by Crippen LogP contribution is -1.93. The van der Waals surface area contributed by atoms with Crippen molar-refractivity contribution in [1.82, 2.24) is 10.2 Å². The summed E-state index contributed by atoms with van der Waals surface area (Å²) in [5, 5.41) is 8.18. The van der Waals surface area contributed by atoms with Gasteiger partial charge in [-0.25, -0.2) is 0 Å². The van der Waals surface area contributed by atoms with Gasteiger partial charge in [0.25, 0.3) is 0 Å². The van der Waals surface area contributed by atoms with Crippen LogP contribution in [0.1, 0.15) is 0 Å². The number of aromatic nitrogens is 2. The van der Waals surface area contributed by atoms with Crippen molar-refractivity contribution in [3.8, 4) is 22.8 Å². The topological polar surface area (TPSA) is 44.2 Å². The van der Waals surface area contributed by atoms with Crippen LogP contribution in [0.3, 0.4) is 0 Å². The smallest absolute Gasteiger partial charge is 0.151 e. The molecule has 1 heterocycles. The number of rotatable bonds is 3. The number of halogens is 1. The van der Waals surface area contributed by atoms with Crippen LogP contribution in [-0.2, 0) is 0 Å². The highest BCUT2D eigenvalue weighted by Crippen LogP contribution is 2.31. The number of benzene rings is 1. The van der Waals surface area contributed by atoms with Crippen molar-refractivity contribution in [1.29, 1.82) is 0 Å². The Hall–Kier alpha value is -1.81. The molecular weight excluding hydrogens is 240 g/mol. The second-order valence-electron chi connectivity index (χ2n) is 3.31. The summed E-state index contributed by atoms with van der Waals surface area (Å²) in [7, 11) is 3.22. The maximum atomic E-state index is 5.70. The maximum Gasteiger partial charge on any atom is 0.151 e. The van der Waals surface area contributed by atoms with Crippen LogP contribution in [-0.4, -0.2) is 24.4 Å². The molecule has 0 spiro atoms. The number of ether oxygens (including phenoxy) is 2. The summed E-state index contributed by atoms with van der Waals surface area (Å²) in [5.74, 6) is 1.44. The minimum absolute atomic E-state index is 0.357. The lowest BCUT2D eigenvalue weighted by molar-refractivity contribution is 0.404. The van der Waals surface area contributed by atoms with Crippen LogP contribution in [0.25, 0.3) is 11.3 Å². The van der Waals surface area contributed by atoms with E-state index < -0.39 is 0 Å². The maximum absolute atomic E-state index is 5.70. The van der Waals surface area contributed by atoms with Gasteiger partial charge in [0.1, 0.15) is 11.5 Å². The predicted molar refractivity (Wildman–Crippen MR) is 65.6 cm³/mol. The third-order valence-electron chi connectivity index (χ3n) is 2.31. The predicted octanol–water partition coefficient (Wildman–Crippen LogP) is 2.81. The first-order valence-corrected chi connectivity index (χ1v) is 5.34. The van der Waals surface area contributed by atoms with Crippen LogP contribution >= 0.6 is 11.6 Å². The van der Waals surface area contributed by atoms with Crippen LogP contribution in [0, 0.1) is 0 Å². The third-order valence-corrected chi connectivity index (χ3v) is 2.52. The van der Waals surface area contributed by atoms with Crippen LogP contribution in [0.5, 0.6) is 11.5 Å². The molecule has 4 nitrogen and oxygen atoms in total. The van der Waals surface area contributed by atoms with Crippen molar-refractivity contribution in [2.24, 2.45) is 0 Å². The van der Waals surface area contributed by atoms with Gasteiger partial charge in [-0.2, -0.15) is 0 Å². The Bertz CT molecular complexity index is 514. The molecule has 2 aromatic rings. The average Bonchev–Trinajstić information content (AvgIpc) is 2.39. The fourth-order valence-electron chi connectivity index (χ4n) is 1.47. The molecule has 0 unspecified atom stereocenters. The zero-order valence-corrected chi connectivity index (χ0v) is 10.2. The highest BCUT2D eigenvalue weighted by molar-refractivity contribution is 6.29. The van der Waals surface area contributed by atoms with Gasteiger partial charge < -0.3 is 9.47 Å². The van der Waals surface area contributed by atoms with E-state index in [0.717, 1.165) is 11.3 Å². The largest absolute Gasteiger partial charge is 0.497 e. The molecular formula is C12H11ClN2O2.